The van der Waals surface area contributed by atoms with Crippen molar-refractivity contribution in [3.05, 3.63) is 83.6 Å². The van der Waals surface area contributed by atoms with Gasteiger partial charge in [-0.05, 0) is 53.5 Å². The first-order valence-electron chi connectivity index (χ1n) is 13.5. The lowest BCUT2D eigenvalue weighted by Crippen LogP contribution is -2.34. The van der Waals surface area contributed by atoms with E-state index in [-0.39, 0.29) is 5.91 Å². The topological polar surface area (TPSA) is 75.1 Å². The molecular weight excluding hydrogens is 506 g/mol. The minimum absolute atomic E-state index is 0.0344. The molecule has 0 bridgehead atoms. The quantitative estimate of drug-likeness (QED) is 0.199. The monoisotopic (exact) mass is 541 g/mol. The molecule has 5 rings (SSSR count). The third-order valence-corrected chi connectivity index (χ3v) is 7.10. The van der Waals surface area contributed by atoms with Crippen molar-refractivity contribution in [3.8, 4) is 22.8 Å². The van der Waals surface area contributed by atoms with Crippen LogP contribution >= 0.6 is 0 Å². The number of aromatic nitrogens is 2. The maximum absolute atomic E-state index is 13.4. The number of methoxy groups -OCH3 is 2. The Bertz CT molecular complexity index is 1500. The lowest BCUT2D eigenvalue weighted by molar-refractivity contribution is -0.126. The highest BCUT2D eigenvalue weighted by molar-refractivity contribution is 6.00. The van der Waals surface area contributed by atoms with Crippen molar-refractivity contribution in [3.63, 3.8) is 0 Å². The number of amides is 1. The molecule has 0 radical (unpaired) electrons. The smallest absolute Gasteiger partial charge is 0.246 e. The van der Waals surface area contributed by atoms with E-state index < -0.39 is 0 Å². The average molecular weight is 542 g/mol. The van der Waals surface area contributed by atoms with Crippen LogP contribution in [-0.2, 0) is 34.3 Å². The Morgan fingerprint density at radius 3 is 2.33 bits per heavy atom. The van der Waals surface area contributed by atoms with Gasteiger partial charge in [-0.25, -0.2) is 4.98 Å². The molecule has 208 valence electrons. The van der Waals surface area contributed by atoms with Gasteiger partial charge in [-0.3, -0.25) is 4.79 Å². The molecule has 0 spiro atoms. The fourth-order valence-electron chi connectivity index (χ4n) is 5.11. The Morgan fingerprint density at radius 2 is 1.62 bits per heavy atom. The van der Waals surface area contributed by atoms with Gasteiger partial charge >= 0.3 is 0 Å². The number of carbonyl (C=O) groups is 1. The van der Waals surface area contributed by atoms with Gasteiger partial charge in [0.15, 0.2) is 11.5 Å². The molecule has 1 aliphatic heterocycles. The van der Waals surface area contributed by atoms with Crippen molar-refractivity contribution in [2.75, 3.05) is 47.2 Å². The second kappa shape index (κ2) is 12.8. The van der Waals surface area contributed by atoms with Crippen LogP contribution in [0.4, 0.5) is 0 Å². The van der Waals surface area contributed by atoms with Crippen molar-refractivity contribution in [1.82, 2.24) is 14.5 Å². The van der Waals surface area contributed by atoms with Crippen molar-refractivity contribution >= 4 is 23.0 Å². The van der Waals surface area contributed by atoms with Crippen LogP contribution in [-0.4, -0.2) is 67.6 Å². The molecule has 4 aromatic rings. The Morgan fingerprint density at radius 1 is 0.925 bits per heavy atom. The van der Waals surface area contributed by atoms with Gasteiger partial charge in [0.05, 0.1) is 18.9 Å². The number of benzene rings is 2. The molecule has 1 amide bonds. The summed E-state index contributed by atoms with van der Waals surface area (Å²) in [5.74, 6) is 1.30. The Hall–Kier alpha value is -4.14. The summed E-state index contributed by atoms with van der Waals surface area (Å²) in [6.07, 6.45) is 6.14. The molecule has 3 heterocycles. The van der Waals surface area contributed by atoms with E-state index >= 15 is 0 Å². The largest absolute Gasteiger partial charge is 0.487 e. The predicted octanol–water partition coefficient (Wildman–Crippen LogP) is 4.89. The van der Waals surface area contributed by atoms with Crippen molar-refractivity contribution in [2.45, 2.75) is 13.0 Å². The maximum Gasteiger partial charge on any atom is 0.246 e. The molecule has 0 fully saturated rings. The highest BCUT2D eigenvalue weighted by Gasteiger charge is 2.23. The van der Waals surface area contributed by atoms with E-state index in [1.165, 1.54) is 0 Å². The van der Waals surface area contributed by atoms with Gasteiger partial charge in [-0.1, -0.05) is 30.3 Å². The minimum atomic E-state index is -0.0344. The third-order valence-electron chi connectivity index (χ3n) is 7.10. The van der Waals surface area contributed by atoms with Crippen LogP contribution in [0.2, 0.25) is 0 Å². The summed E-state index contributed by atoms with van der Waals surface area (Å²) >= 11 is 0. The van der Waals surface area contributed by atoms with Gasteiger partial charge in [0.25, 0.3) is 0 Å². The van der Waals surface area contributed by atoms with Crippen LogP contribution in [0, 0.1) is 0 Å². The number of rotatable bonds is 11. The Balaban J connectivity index is 1.39. The number of fused-ring (bicyclic) bond motifs is 2. The second-order valence-corrected chi connectivity index (χ2v) is 9.66. The van der Waals surface area contributed by atoms with Crippen LogP contribution in [0.25, 0.3) is 28.4 Å². The summed E-state index contributed by atoms with van der Waals surface area (Å²) in [6.45, 7) is 2.92. The molecular formula is C32H35N3O5. The molecule has 0 unspecified atom stereocenters. The van der Waals surface area contributed by atoms with E-state index in [0.29, 0.717) is 51.0 Å². The molecule has 40 heavy (non-hydrogen) atoms. The molecule has 0 atom stereocenters. The van der Waals surface area contributed by atoms with E-state index in [1.54, 1.807) is 26.5 Å². The lowest BCUT2D eigenvalue weighted by atomic mass is 9.98. The van der Waals surface area contributed by atoms with Crippen LogP contribution in [0.5, 0.6) is 11.5 Å². The fraction of sp³-hybridized carbons (Fsp3) is 0.312. The van der Waals surface area contributed by atoms with Gasteiger partial charge < -0.3 is 28.4 Å². The third kappa shape index (κ3) is 5.88. The summed E-state index contributed by atoms with van der Waals surface area (Å²) in [7, 11) is 5.30. The summed E-state index contributed by atoms with van der Waals surface area (Å²) in [5, 5.41) is 1.01. The zero-order valence-corrected chi connectivity index (χ0v) is 23.3. The SMILES string of the molecule is COCCOc1cc2c(cc1OCCOC)CN(C(=O)/C=C/c1c(-c3ccccc3)n(C)c3ncccc13)CC2. The lowest BCUT2D eigenvalue weighted by Gasteiger charge is -2.29. The zero-order valence-electron chi connectivity index (χ0n) is 23.3. The summed E-state index contributed by atoms with van der Waals surface area (Å²) in [4.78, 5) is 19.9. The number of hydrogen-bond donors (Lipinski definition) is 0. The maximum atomic E-state index is 13.4. The van der Waals surface area contributed by atoms with Crippen LogP contribution in [0.15, 0.2) is 66.9 Å². The van der Waals surface area contributed by atoms with Gasteiger partial charge in [0, 0.05) is 57.6 Å². The molecule has 2 aromatic carbocycles. The normalized spacial score (nSPS) is 13.1. The minimum Gasteiger partial charge on any atom is -0.487 e. The van der Waals surface area contributed by atoms with Crippen molar-refractivity contribution < 1.29 is 23.7 Å². The predicted molar refractivity (Wildman–Crippen MR) is 155 cm³/mol. The fourth-order valence-corrected chi connectivity index (χ4v) is 5.11. The first-order chi connectivity index (χ1) is 19.6. The van der Waals surface area contributed by atoms with Gasteiger partial charge in [-0.2, -0.15) is 0 Å². The Labute approximate surface area is 234 Å². The Kier molecular flexibility index (Phi) is 8.78. The van der Waals surface area contributed by atoms with E-state index in [2.05, 4.69) is 21.7 Å². The highest BCUT2D eigenvalue weighted by atomic mass is 16.5. The number of hydrogen-bond acceptors (Lipinski definition) is 6. The van der Waals surface area contributed by atoms with Crippen LogP contribution in [0.1, 0.15) is 16.7 Å². The summed E-state index contributed by atoms with van der Waals surface area (Å²) < 4.78 is 24.2. The number of carbonyl (C=O) groups excluding carboxylic acids is 1. The summed E-state index contributed by atoms with van der Waals surface area (Å²) in [5.41, 5.74) is 6.18. The molecule has 0 aliphatic carbocycles. The van der Waals surface area contributed by atoms with E-state index in [4.69, 9.17) is 18.9 Å². The molecule has 8 heteroatoms. The number of aryl methyl sites for hydroxylation is 1. The first-order valence-corrected chi connectivity index (χ1v) is 13.5. The zero-order chi connectivity index (χ0) is 27.9. The van der Waals surface area contributed by atoms with Gasteiger partial charge in [0.2, 0.25) is 5.91 Å². The van der Waals surface area contributed by atoms with Crippen molar-refractivity contribution in [2.24, 2.45) is 7.05 Å². The van der Waals surface area contributed by atoms with E-state index in [0.717, 1.165) is 45.4 Å². The van der Waals surface area contributed by atoms with Gasteiger partial charge in [-0.15, -0.1) is 0 Å². The molecule has 2 aromatic heterocycles. The van der Waals surface area contributed by atoms with Crippen molar-refractivity contribution in [1.29, 1.82) is 0 Å². The number of pyridine rings is 1. The average Bonchev–Trinajstić information content (AvgIpc) is 3.27. The second-order valence-electron chi connectivity index (χ2n) is 9.66. The number of ether oxygens (including phenoxy) is 4. The number of nitrogens with zero attached hydrogens (tertiary/aromatic N) is 3. The van der Waals surface area contributed by atoms with Crippen LogP contribution < -0.4 is 9.47 Å². The molecule has 8 nitrogen and oxygen atoms in total. The summed E-state index contributed by atoms with van der Waals surface area (Å²) in [6, 6.07) is 18.2. The van der Waals surface area contributed by atoms with Gasteiger partial charge in [0.1, 0.15) is 18.9 Å². The molecule has 0 saturated heterocycles. The standard InChI is InChI=1S/C32H35N3O5/c1-34-31(23-8-5-4-6-9-23)26(27-10-7-14-33-32(27)34)11-12-30(36)35-15-13-24-20-28(39-18-16-37-2)29(21-25(24)22-35)40-19-17-38-3/h4-12,14,20-21H,13,15-19,22H2,1-3H3/b12-11+. The molecule has 0 N–H and O–H groups in total. The first kappa shape index (κ1) is 27.4. The van der Waals surface area contributed by atoms with E-state index in [1.807, 2.05) is 60.5 Å². The van der Waals surface area contributed by atoms with E-state index in [9.17, 15) is 4.79 Å². The highest BCUT2D eigenvalue weighted by Crippen LogP contribution is 2.35. The molecule has 0 saturated carbocycles. The van der Waals surface area contributed by atoms with Crippen LogP contribution in [0.3, 0.4) is 0 Å². The molecule has 1 aliphatic rings.